The van der Waals surface area contributed by atoms with Crippen LogP contribution in [0.2, 0.25) is 0 Å². The molecule has 6 nitrogen and oxygen atoms in total. The van der Waals surface area contributed by atoms with Crippen LogP contribution in [0, 0.1) is 11.6 Å². The molecule has 0 atom stereocenters. The van der Waals surface area contributed by atoms with Crippen molar-refractivity contribution in [3.63, 3.8) is 0 Å². The Morgan fingerprint density at radius 1 is 1.00 bits per heavy atom. The molecule has 0 saturated carbocycles. The van der Waals surface area contributed by atoms with Crippen LogP contribution in [0.4, 0.5) is 8.78 Å². The predicted molar refractivity (Wildman–Crippen MR) is 120 cm³/mol. The van der Waals surface area contributed by atoms with Crippen molar-refractivity contribution in [1.29, 1.82) is 0 Å². The molecule has 4 rings (SSSR count). The average molecular weight is 467 g/mol. The highest BCUT2D eigenvalue weighted by atomic mass is 32.1. The van der Waals surface area contributed by atoms with Gasteiger partial charge in [-0.1, -0.05) is 6.07 Å². The zero-order valence-electron chi connectivity index (χ0n) is 17.5. The summed E-state index contributed by atoms with van der Waals surface area (Å²) in [5.41, 5.74) is 2.51. The van der Waals surface area contributed by atoms with Gasteiger partial charge >= 0.3 is 0 Å². The lowest BCUT2D eigenvalue weighted by molar-refractivity contribution is 0.0946. The third-order valence-electron chi connectivity index (χ3n) is 4.73. The van der Waals surface area contributed by atoms with Gasteiger partial charge in [-0.15, -0.1) is 11.3 Å². The maximum absolute atomic E-state index is 13.4. The van der Waals surface area contributed by atoms with E-state index in [1.165, 1.54) is 24.5 Å². The van der Waals surface area contributed by atoms with Gasteiger partial charge in [-0.05, 0) is 53.6 Å². The van der Waals surface area contributed by atoms with E-state index in [4.69, 9.17) is 9.47 Å². The van der Waals surface area contributed by atoms with E-state index in [1.54, 1.807) is 36.0 Å². The second-order valence-corrected chi connectivity index (χ2v) is 7.84. The summed E-state index contributed by atoms with van der Waals surface area (Å²) in [6.07, 6.45) is 3.34. The van der Waals surface area contributed by atoms with Crippen LogP contribution in [0.5, 0.6) is 11.5 Å². The number of halogens is 2. The number of aromatic nitrogens is 2. The topological polar surface area (TPSA) is 73.3 Å². The number of amides is 1. The molecule has 33 heavy (non-hydrogen) atoms. The minimum Gasteiger partial charge on any atom is -0.493 e. The minimum atomic E-state index is -0.928. The van der Waals surface area contributed by atoms with Crippen molar-refractivity contribution in [1.82, 2.24) is 15.3 Å². The zero-order chi connectivity index (χ0) is 23.2. The maximum Gasteiger partial charge on any atom is 0.271 e. The molecule has 0 fully saturated rings. The van der Waals surface area contributed by atoms with Crippen molar-refractivity contribution in [2.24, 2.45) is 0 Å². The number of carbonyl (C=O) groups excluding carboxylic acids is 1. The molecule has 4 aromatic rings. The number of hydrogen-bond donors (Lipinski definition) is 1. The summed E-state index contributed by atoms with van der Waals surface area (Å²) in [4.78, 5) is 20.8. The Morgan fingerprint density at radius 2 is 1.82 bits per heavy atom. The highest BCUT2D eigenvalue weighted by Crippen LogP contribution is 2.34. The maximum atomic E-state index is 13.4. The summed E-state index contributed by atoms with van der Waals surface area (Å²) in [5.74, 6) is -1.21. The van der Waals surface area contributed by atoms with E-state index < -0.39 is 11.6 Å². The number of ether oxygens (including phenoxy) is 2. The van der Waals surface area contributed by atoms with Gasteiger partial charge in [0, 0.05) is 29.9 Å². The van der Waals surface area contributed by atoms with E-state index in [9.17, 15) is 13.6 Å². The Morgan fingerprint density at radius 3 is 2.58 bits per heavy atom. The largest absolute Gasteiger partial charge is 0.493 e. The number of pyridine rings is 1. The Balaban J connectivity index is 1.43. The number of carbonyl (C=O) groups is 1. The first-order valence-corrected chi connectivity index (χ1v) is 10.8. The number of nitrogens with zero attached hydrogens (tertiary/aromatic N) is 2. The Kier molecular flexibility index (Phi) is 6.89. The summed E-state index contributed by atoms with van der Waals surface area (Å²) in [7, 11) is 1.50. The van der Waals surface area contributed by atoms with Crippen LogP contribution >= 0.6 is 11.3 Å². The van der Waals surface area contributed by atoms with E-state index in [1.807, 2.05) is 12.1 Å². The Bertz CT molecular complexity index is 1270. The molecule has 0 spiro atoms. The second kappa shape index (κ2) is 10.2. The molecule has 0 saturated heterocycles. The number of hydrogen-bond acceptors (Lipinski definition) is 6. The van der Waals surface area contributed by atoms with Crippen LogP contribution < -0.4 is 14.8 Å². The summed E-state index contributed by atoms with van der Waals surface area (Å²) < 4.78 is 37.6. The van der Waals surface area contributed by atoms with E-state index >= 15 is 0 Å². The highest BCUT2D eigenvalue weighted by molar-refractivity contribution is 7.13. The summed E-state index contributed by atoms with van der Waals surface area (Å²) >= 11 is 1.34. The number of benzene rings is 2. The van der Waals surface area contributed by atoms with E-state index in [2.05, 4.69) is 15.3 Å². The fourth-order valence-electron chi connectivity index (χ4n) is 2.99. The van der Waals surface area contributed by atoms with E-state index in [0.717, 1.165) is 23.3 Å². The molecular formula is C24H19F2N3O3S. The number of thiazole rings is 1. The lowest BCUT2D eigenvalue weighted by Crippen LogP contribution is -2.23. The SMILES string of the molecule is COc1cc(-c2nc(C(=O)NCc3ccncc3)cs2)ccc1OCc1ccc(F)c(F)c1. The summed E-state index contributed by atoms with van der Waals surface area (Å²) in [5, 5.41) is 5.17. The average Bonchev–Trinajstić information content (AvgIpc) is 3.34. The van der Waals surface area contributed by atoms with Gasteiger partial charge in [0.1, 0.15) is 17.3 Å². The first-order chi connectivity index (χ1) is 16.0. The van der Waals surface area contributed by atoms with Gasteiger partial charge in [0.2, 0.25) is 0 Å². The molecule has 2 aromatic heterocycles. The standard InChI is InChI=1S/C24H19F2N3O3S/c1-31-22-11-17(3-5-21(22)32-13-16-2-4-18(25)19(26)10-16)24-29-20(14-33-24)23(30)28-12-15-6-8-27-9-7-15/h2-11,14H,12-13H2,1H3,(H,28,30). The number of nitrogens with one attached hydrogen (secondary N) is 1. The quantitative estimate of drug-likeness (QED) is 0.395. The molecule has 1 amide bonds. The van der Waals surface area contributed by atoms with Gasteiger partial charge in [-0.2, -0.15) is 0 Å². The molecule has 0 aliphatic heterocycles. The van der Waals surface area contributed by atoms with Crippen molar-refractivity contribution in [2.45, 2.75) is 13.2 Å². The normalized spacial score (nSPS) is 10.6. The van der Waals surface area contributed by atoms with Crippen molar-refractivity contribution >= 4 is 17.2 Å². The van der Waals surface area contributed by atoms with E-state index in [-0.39, 0.29) is 12.5 Å². The van der Waals surface area contributed by atoms with Gasteiger partial charge in [-0.3, -0.25) is 9.78 Å². The molecule has 9 heteroatoms. The molecule has 2 aromatic carbocycles. The van der Waals surface area contributed by atoms with Crippen molar-refractivity contribution in [3.8, 4) is 22.1 Å². The van der Waals surface area contributed by atoms with Crippen molar-refractivity contribution < 1.29 is 23.0 Å². The van der Waals surface area contributed by atoms with Gasteiger partial charge in [0.15, 0.2) is 23.1 Å². The highest BCUT2D eigenvalue weighted by Gasteiger charge is 2.14. The van der Waals surface area contributed by atoms with Gasteiger partial charge in [0.25, 0.3) is 5.91 Å². The van der Waals surface area contributed by atoms with Crippen LogP contribution in [0.3, 0.4) is 0 Å². The third-order valence-corrected chi connectivity index (χ3v) is 5.62. The molecule has 1 N–H and O–H groups in total. The lowest BCUT2D eigenvalue weighted by Gasteiger charge is -2.12. The van der Waals surface area contributed by atoms with Crippen LogP contribution in [0.1, 0.15) is 21.6 Å². The first-order valence-electron chi connectivity index (χ1n) is 9.91. The molecule has 0 bridgehead atoms. The summed E-state index contributed by atoms with van der Waals surface area (Å²) in [6.45, 7) is 0.429. The smallest absolute Gasteiger partial charge is 0.271 e. The third kappa shape index (κ3) is 5.50. The van der Waals surface area contributed by atoms with Gasteiger partial charge < -0.3 is 14.8 Å². The first kappa shape index (κ1) is 22.3. The van der Waals surface area contributed by atoms with E-state index in [0.29, 0.717) is 34.3 Å². The molecular weight excluding hydrogens is 448 g/mol. The van der Waals surface area contributed by atoms with Crippen LogP contribution in [0.25, 0.3) is 10.6 Å². The molecule has 2 heterocycles. The predicted octanol–water partition coefficient (Wildman–Crippen LogP) is 5.00. The number of rotatable bonds is 8. The molecule has 0 aliphatic rings. The minimum absolute atomic E-state index is 0.0476. The van der Waals surface area contributed by atoms with Crippen molar-refractivity contribution in [3.05, 3.63) is 94.8 Å². The van der Waals surface area contributed by atoms with Gasteiger partial charge in [-0.25, -0.2) is 13.8 Å². The molecule has 168 valence electrons. The second-order valence-electron chi connectivity index (χ2n) is 6.98. The molecule has 0 radical (unpaired) electrons. The zero-order valence-corrected chi connectivity index (χ0v) is 18.4. The monoisotopic (exact) mass is 467 g/mol. The molecule has 0 aliphatic carbocycles. The fraction of sp³-hybridized carbons (Fsp3) is 0.125. The van der Waals surface area contributed by atoms with Crippen molar-refractivity contribution in [2.75, 3.05) is 7.11 Å². The summed E-state index contributed by atoms with van der Waals surface area (Å²) in [6, 6.07) is 12.5. The number of methoxy groups -OCH3 is 1. The van der Waals surface area contributed by atoms with Crippen LogP contribution in [-0.2, 0) is 13.2 Å². The van der Waals surface area contributed by atoms with Gasteiger partial charge in [0.05, 0.1) is 7.11 Å². The Labute approximate surface area is 192 Å². The van der Waals surface area contributed by atoms with Crippen LogP contribution in [-0.4, -0.2) is 23.0 Å². The fourth-order valence-corrected chi connectivity index (χ4v) is 3.79. The Hall–Kier alpha value is -3.85. The lowest BCUT2D eigenvalue weighted by atomic mass is 10.2. The molecule has 0 unspecified atom stereocenters. The van der Waals surface area contributed by atoms with Crippen LogP contribution in [0.15, 0.2) is 66.3 Å².